The van der Waals surface area contributed by atoms with Crippen molar-refractivity contribution in [3.63, 3.8) is 0 Å². The van der Waals surface area contributed by atoms with Gasteiger partial charge in [-0.3, -0.25) is 9.59 Å². The Kier molecular flexibility index (Phi) is 4.96. The normalized spacial score (nSPS) is 18.4. The summed E-state index contributed by atoms with van der Waals surface area (Å²) in [4.78, 5) is 26.2. The van der Waals surface area contributed by atoms with Gasteiger partial charge in [0.25, 0.3) is 0 Å². The van der Waals surface area contributed by atoms with Crippen molar-refractivity contribution in [2.45, 2.75) is 26.3 Å². The summed E-state index contributed by atoms with van der Waals surface area (Å²) in [5, 5.41) is 5.80. The fourth-order valence-corrected chi connectivity index (χ4v) is 2.66. The Labute approximate surface area is 125 Å². The molecule has 0 spiro atoms. The molecule has 0 aliphatic carbocycles. The summed E-state index contributed by atoms with van der Waals surface area (Å²) in [5.41, 5.74) is 3.29. The van der Waals surface area contributed by atoms with E-state index in [0.717, 1.165) is 23.2 Å². The van der Waals surface area contributed by atoms with Gasteiger partial charge in [-0.1, -0.05) is 23.8 Å². The maximum Gasteiger partial charge on any atom is 0.243 e. The Balaban J connectivity index is 2.14. The molecule has 1 aromatic rings. The van der Waals surface area contributed by atoms with Crippen LogP contribution in [0.3, 0.4) is 0 Å². The minimum atomic E-state index is -0.415. The van der Waals surface area contributed by atoms with Crippen LogP contribution in [0, 0.1) is 13.8 Å². The first kappa shape index (κ1) is 15.5. The van der Waals surface area contributed by atoms with Crippen LogP contribution in [0.2, 0.25) is 0 Å². The highest BCUT2D eigenvalue weighted by Gasteiger charge is 2.31. The molecule has 21 heavy (non-hydrogen) atoms. The van der Waals surface area contributed by atoms with E-state index in [-0.39, 0.29) is 11.8 Å². The molecule has 5 heteroatoms. The van der Waals surface area contributed by atoms with Gasteiger partial charge in [0.1, 0.15) is 6.04 Å². The van der Waals surface area contributed by atoms with Gasteiger partial charge in [-0.05, 0) is 25.0 Å². The number of hydrogen-bond acceptors (Lipinski definition) is 3. The number of piperazine rings is 1. The van der Waals surface area contributed by atoms with Crippen LogP contribution in [0.5, 0.6) is 0 Å². The van der Waals surface area contributed by atoms with E-state index in [9.17, 15) is 9.59 Å². The molecule has 1 saturated heterocycles. The quantitative estimate of drug-likeness (QED) is 0.846. The summed E-state index contributed by atoms with van der Waals surface area (Å²) in [6.45, 7) is 5.84. The Morgan fingerprint density at radius 3 is 2.86 bits per heavy atom. The highest BCUT2D eigenvalue weighted by atomic mass is 16.2. The summed E-state index contributed by atoms with van der Waals surface area (Å²) in [5.74, 6) is -0.102. The van der Waals surface area contributed by atoms with Crippen molar-refractivity contribution in [1.29, 1.82) is 0 Å². The van der Waals surface area contributed by atoms with Crippen LogP contribution in [0.15, 0.2) is 18.2 Å². The van der Waals surface area contributed by atoms with E-state index in [4.69, 9.17) is 0 Å². The van der Waals surface area contributed by atoms with Crippen molar-refractivity contribution in [3.05, 3.63) is 34.9 Å². The highest BCUT2D eigenvalue weighted by molar-refractivity contribution is 5.88. The van der Waals surface area contributed by atoms with E-state index < -0.39 is 6.04 Å². The van der Waals surface area contributed by atoms with Gasteiger partial charge in [-0.25, -0.2) is 0 Å². The maximum absolute atomic E-state index is 12.6. The molecule has 0 bridgehead atoms. The highest BCUT2D eigenvalue weighted by Crippen LogP contribution is 2.14. The van der Waals surface area contributed by atoms with Gasteiger partial charge in [0, 0.05) is 26.7 Å². The van der Waals surface area contributed by atoms with Crippen LogP contribution in [-0.2, 0) is 16.0 Å². The number of nitrogens with one attached hydrogen (secondary N) is 2. The first-order valence-electron chi connectivity index (χ1n) is 7.31. The van der Waals surface area contributed by atoms with E-state index in [1.54, 1.807) is 11.9 Å². The number of amides is 2. The monoisotopic (exact) mass is 289 g/mol. The standard InChI is InChI=1S/C16H23N3O2/c1-11-4-5-12(2)13(8-11)9-15(20)19-7-6-18-10-14(19)16(21)17-3/h4-5,8,14,18H,6-7,9-10H2,1-3H3,(H,17,21). The summed E-state index contributed by atoms with van der Waals surface area (Å²) >= 11 is 0. The summed E-state index contributed by atoms with van der Waals surface area (Å²) < 4.78 is 0. The van der Waals surface area contributed by atoms with Crippen LogP contribution in [-0.4, -0.2) is 49.4 Å². The van der Waals surface area contributed by atoms with Crippen molar-refractivity contribution < 1.29 is 9.59 Å². The molecule has 2 N–H and O–H groups in total. The van der Waals surface area contributed by atoms with Gasteiger partial charge in [0.05, 0.1) is 6.42 Å². The average Bonchev–Trinajstić information content (AvgIpc) is 2.50. The van der Waals surface area contributed by atoms with Crippen LogP contribution in [0.1, 0.15) is 16.7 Å². The molecule has 1 fully saturated rings. The van der Waals surface area contributed by atoms with Crippen molar-refractivity contribution in [3.8, 4) is 0 Å². The molecule has 0 saturated carbocycles. The molecule has 0 radical (unpaired) electrons. The third-order valence-electron chi connectivity index (χ3n) is 3.96. The molecule has 5 nitrogen and oxygen atoms in total. The summed E-state index contributed by atoms with van der Waals surface area (Å²) in [7, 11) is 1.60. The lowest BCUT2D eigenvalue weighted by molar-refractivity contribution is -0.140. The number of rotatable bonds is 3. The molecular weight excluding hydrogens is 266 g/mol. The van der Waals surface area contributed by atoms with Crippen LogP contribution >= 0.6 is 0 Å². The molecule has 2 rings (SSSR count). The van der Waals surface area contributed by atoms with E-state index in [2.05, 4.69) is 10.6 Å². The zero-order valence-electron chi connectivity index (χ0n) is 12.9. The number of carbonyl (C=O) groups excluding carboxylic acids is 2. The fraction of sp³-hybridized carbons (Fsp3) is 0.500. The topological polar surface area (TPSA) is 61.4 Å². The fourth-order valence-electron chi connectivity index (χ4n) is 2.66. The second-order valence-corrected chi connectivity index (χ2v) is 5.53. The largest absolute Gasteiger partial charge is 0.357 e. The lowest BCUT2D eigenvalue weighted by atomic mass is 10.0. The molecule has 114 valence electrons. The summed E-state index contributed by atoms with van der Waals surface area (Å²) in [6.07, 6.45) is 0.348. The van der Waals surface area contributed by atoms with E-state index in [1.165, 1.54) is 0 Å². The van der Waals surface area contributed by atoms with E-state index in [0.29, 0.717) is 19.5 Å². The van der Waals surface area contributed by atoms with Crippen LogP contribution < -0.4 is 10.6 Å². The molecule has 2 amide bonds. The predicted molar refractivity (Wildman–Crippen MR) is 82.1 cm³/mol. The number of carbonyl (C=O) groups is 2. The Hall–Kier alpha value is -1.88. The molecular formula is C16H23N3O2. The second kappa shape index (κ2) is 6.72. The SMILES string of the molecule is CNC(=O)C1CNCCN1C(=O)Cc1cc(C)ccc1C. The molecule has 1 heterocycles. The van der Waals surface area contributed by atoms with Crippen molar-refractivity contribution in [1.82, 2.24) is 15.5 Å². The second-order valence-electron chi connectivity index (χ2n) is 5.53. The Bertz CT molecular complexity index is 542. The minimum absolute atomic E-state index is 0.0128. The molecule has 1 unspecified atom stereocenters. The predicted octanol–water partition coefficient (Wildman–Crippen LogP) is 0.392. The third-order valence-corrected chi connectivity index (χ3v) is 3.96. The van der Waals surface area contributed by atoms with Crippen LogP contribution in [0.25, 0.3) is 0 Å². The molecule has 1 atom stereocenters. The zero-order valence-corrected chi connectivity index (χ0v) is 12.9. The smallest absolute Gasteiger partial charge is 0.243 e. The van der Waals surface area contributed by atoms with Crippen molar-refractivity contribution >= 4 is 11.8 Å². The van der Waals surface area contributed by atoms with E-state index in [1.807, 2.05) is 32.0 Å². The third kappa shape index (κ3) is 3.61. The average molecular weight is 289 g/mol. The number of nitrogens with zero attached hydrogens (tertiary/aromatic N) is 1. The van der Waals surface area contributed by atoms with Crippen LogP contribution in [0.4, 0.5) is 0 Å². The van der Waals surface area contributed by atoms with Crippen molar-refractivity contribution in [2.24, 2.45) is 0 Å². The Morgan fingerprint density at radius 1 is 1.38 bits per heavy atom. The first-order chi connectivity index (χ1) is 10.0. The van der Waals surface area contributed by atoms with Crippen molar-refractivity contribution in [2.75, 3.05) is 26.7 Å². The van der Waals surface area contributed by atoms with Gasteiger partial charge >= 0.3 is 0 Å². The first-order valence-corrected chi connectivity index (χ1v) is 7.31. The number of aryl methyl sites for hydroxylation is 2. The van der Waals surface area contributed by atoms with Gasteiger partial charge in [-0.15, -0.1) is 0 Å². The van der Waals surface area contributed by atoms with Gasteiger partial charge in [-0.2, -0.15) is 0 Å². The number of hydrogen-bond donors (Lipinski definition) is 2. The minimum Gasteiger partial charge on any atom is -0.357 e. The number of benzene rings is 1. The molecule has 1 aromatic carbocycles. The summed E-state index contributed by atoms with van der Waals surface area (Å²) in [6, 6.07) is 5.71. The molecule has 1 aliphatic heterocycles. The van der Waals surface area contributed by atoms with E-state index >= 15 is 0 Å². The zero-order chi connectivity index (χ0) is 15.4. The number of likely N-dealkylation sites (N-methyl/N-ethyl adjacent to an activating group) is 1. The van der Waals surface area contributed by atoms with Gasteiger partial charge in [0.15, 0.2) is 0 Å². The maximum atomic E-state index is 12.6. The lowest BCUT2D eigenvalue weighted by Gasteiger charge is -2.35. The van der Waals surface area contributed by atoms with Gasteiger partial charge in [0.2, 0.25) is 11.8 Å². The molecule has 0 aromatic heterocycles. The van der Waals surface area contributed by atoms with Gasteiger partial charge < -0.3 is 15.5 Å². The lowest BCUT2D eigenvalue weighted by Crippen LogP contribution is -2.59. The molecule has 1 aliphatic rings. The Morgan fingerprint density at radius 2 is 2.14 bits per heavy atom.